The molecule has 0 spiro atoms. The van der Waals surface area contributed by atoms with Gasteiger partial charge in [0.05, 0.1) is 0 Å². The standard InChI is InChI=1S/C11H25N3O3S/c1-12-7-4-6-11(12)10-14(3)18(16,17)13(2)8-5-9-15/h11,15H,4-10H2,1-3H3. The molecule has 0 amide bonds. The predicted octanol–water partition coefficient (Wildman–Crippen LogP) is -0.429. The van der Waals surface area contributed by atoms with Gasteiger partial charge in [-0.2, -0.15) is 17.0 Å². The fourth-order valence-corrected chi connectivity index (χ4v) is 3.44. The molecule has 1 unspecified atom stereocenters. The van der Waals surface area contributed by atoms with Crippen molar-refractivity contribution in [1.29, 1.82) is 0 Å². The first-order valence-electron chi connectivity index (χ1n) is 6.38. The third kappa shape index (κ3) is 3.89. The summed E-state index contributed by atoms with van der Waals surface area (Å²) in [6, 6.07) is 0.316. The van der Waals surface area contributed by atoms with Gasteiger partial charge in [0, 0.05) is 39.8 Å². The summed E-state index contributed by atoms with van der Waals surface area (Å²) in [6.07, 6.45) is 2.65. The lowest BCUT2D eigenvalue weighted by Crippen LogP contribution is -2.45. The van der Waals surface area contributed by atoms with Crippen molar-refractivity contribution in [1.82, 2.24) is 13.5 Å². The van der Waals surface area contributed by atoms with Crippen LogP contribution in [-0.4, -0.2) is 80.5 Å². The molecule has 1 rings (SSSR count). The van der Waals surface area contributed by atoms with Gasteiger partial charge in [0.1, 0.15) is 0 Å². The number of aliphatic hydroxyl groups is 1. The molecule has 7 heteroatoms. The highest BCUT2D eigenvalue weighted by atomic mass is 32.2. The van der Waals surface area contributed by atoms with E-state index in [0.29, 0.717) is 25.6 Å². The van der Waals surface area contributed by atoms with E-state index in [1.165, 1.54) is 8.61 Å². The average molecular weight is 279 g/mol. The van der Waals surface area contributed by atoms with Crippen LogP contribution in [0.3, 0.4) is 0 Å². The lowest BCUT2D eigenvalue weighted by Gasteiger charge is -2.28. The van der Waals surface area contributed by atoms with Gasteiger partial charge in [-0.3, -0.25) is 0 Å². The summed E-state index contributed by atoms with van der Waals surface area (Å²) in [6.45, 7) is 1.93. The molecule has 0 saturated carbocycles. The summed E-state index contributed by atoms with van der Waals surface area (Å²) in [5.41, 5.74) is 0. The van der Waals surface area contributed by atoms with Crippen molar-refractivity contribution >= 4 is 10.2 Å². The Kier molecular flexibility index (Phi) is 6.00. The lowest BCUT2D eigenvalue weighted by molar-refractivity contribution is 0.256. The molecule has 0 aromatic carbocycles. The summed E-state index contributed by atoms with van der Waals surface area (Å²) >= 11 is 0. The zero-order chi connectivity index (χ0) is 13.8. The molecule has 18 heavy (non-hydrogen) atoms. The molecule has 0 radical (unpaired) electrons. The number of hydrogen-bond donors (Lipinski definition) is 1. The van der Waals surface area contributed by atoms with Crippen LogP contribution in [0.25, 0.3) is 0 Å². The summed E-state index contributed by atoms with van der Waals surface area (Å²) < 4.78 is 27.1. The minimum absolute atomic E-state index is 0.00887. The molecule has 1 aliphatic heterocycles. The highest BCUT2D eigenvalue weighted by Crippen LogP contribution is 2.17. The maximum atomic E-state index is 12.2. The van der Waals surface area contributed by atoms with Gasteiger partial charge in [0.25, 0.3) is 10.2 Å². The topological polar surface area (TPSA) is 64.1 Å². The first kappa shape index (κ1) is 15.8. The van der Waals surface area contributed by atoms with E-state index in [1.807, 2.05) is 7.05 Å². The van der Waals surface area contributed by atoms with Crippen LogP contribution in [0.15, 0.2) is 0 Å². The van der Waals surface area contributed by atoms with Crippen LogP contribution in [0, 0.1) is 0 Å². The maximum absolute atomic E-state index is 12.2. The second-order valence-electron chi connectivity index (χ2n) is 4.96. The quantitative estimate of drug-likeness (QED) is 0.687. The number of likely N-dealkylation sites (tertiary alicyclic amines) is 1. The Bertz CT molecular complexity index is 347. The molecule has 108 valence electrons. The maximum Gasteiger partial charge on any atom is 0.281 e. The fourth-order valence-electron chi connectivity index (χ4n) is 2.25. The molecule has 1 N–H and O–H groups in total. The molecular weight excluding hydrogens is 254 g/mol. The molecule has 0 aliphatic carbocycles. The molecule has 0 bridgehead atoms. The molecule has 1 atom stereocenters. The van der Waals surface area contributed by atoms with Crippen LogP contribution in [0.5, 0.6) is 0 Å². The largest absolute Gasteiger partial charge is 0.396 e. The number of nitrogens with zero attached hydrogens (tertiary/aromatic N) is 3. The number of rotatable bonds is 7. The minimum Gasteiger partial charge on any atom is -0.396 e. The van der Waals surface area contributed by atoms with Gasteiger partial charge in [-0.15, -0.1) is 0 Å². The second-order valence-corrected chi connectivity index (χ2v) is 7.11. The van der Waals surface area contributed by atoms with Crippen LogP contribution in [0.4, 0.5) is 0 Å². The van der Waals surface area contributed by atoms with E-state index in [-0.39, 0.29) is 6.61 Å². The Morgan fingerprint density at radius 3 is 2.50 bits per heavy atom. The zero-order valence-electron chi connectivity index (χ0n) is 11.5. The molecule has 1 fully saturated rings. The van der Waals surface area contributed by atoms with Crippen LogP contribution < -0.4 is 0 Å². The third-order valence-corrected chi connectivity index (χ3v) is 5.47. The van der Waals surface area contributed by atoms with Crippen LogP contribution in [-0.2, 0) is 10.2 Å². The van der Waals surface area contributed by atoms with Crippen molar-refractivity contribution in [2.75, 3.05) is 47.4 Å². The SMILES string of the molecule is CN1CCCC1CN(C)S(=O)(=O)N(C)CCCO. The van der Waals surface area contributed by atoms with Gasteiger partial charge in [-0.05, 0) is 32.9 Å². The van der Waals surface area contributed by atoms with Gasteiger partial charge in [-0.25, -0.2) is 0 Å². The molecule has 0 aromatic rings. The summed E-state index contributed by atoms with van der Waals surface area (Å²) in [4.78, 5) is 2.21. The molecule has 1 aliphatic rings. The average Bonchev–Trinajstić information content (AvgIpc) is 2.71. The van der Waals surface area contributed by atoms with Crippen molar-refractivity contribution in [3.8, 4) is 0 Å². The van der Waals surface area contributed by atoms with Gasteiger partial charge in [0.2, 0.25) is 0 Å². The minimum atomic E-state index is -3.39. The molecule has 6 nitrogen and oxygen atoms in total. The van der Waals surface area contributed by atoms with E-state index >= 15 is 0 Å². The molecular formula is C11H25N3O3S. The van der Waals surface area contributed by atoms with Crippen molar-refractivity contribution in [2.24, 2.45) is 0 Å². The Morgan fingerprint density at radius 2 is 2.00 bits per heavy atom. The van der Waals surface area contributed by atoms with Gasteiger partial charge in [-0.1, -0.05) is 0 Å². The monoisotopic (exact) mass is 279 g/mol. The molecule has 1 heterocycles. The zero-order valence-corrected chi connectivity index (χ0v) is 12.4. The molecule has 0 aromatic heterocycles. The highest BCUT2D eigenvalue weighted by molar-refractivity contribution is 7.86. The second kappa shape index (κ2) is 6.81. The molecule has 1 saturated heterocycles. The lowest BCUT2D eigenvalue weighted by atomic mass is 10.2. The van der Waals surface area contributed by atoms with Crippen molar-refractivity contribution in [3.05, 3.63) is 0 Å². The smallest absolute Gasteiger partial charge is 0.281 e. The van der Waals surface area contributed by atoms with E-state index < -0.39 is 10.2 Å². The number of aliphatic hydroxyl groups excluding tert-OH is 1. The van der Waals surface area contributed by atoms with Crippen molar-refractivity contribution in [3.63, 3.8) is 0 Å². The third-order valence-electron chi connectivity index (χ3n) is 3.56. The van der Waals surface area contributed by atoms with Crippen molar-refractivity contribution < 1.29 is 13.5 Å². The fraction of sp³-hybridized carbons (Fsp3) is 1.00. The van der Waals surface area contributed by atoms with Gasteiger partial charge < -0.3 is 10.0 Å². The first-order valence-corrected chi connectivity index (χ1v) is 7.78. The summed E-state index contributed by atoms with van der Waals surface area (Å²) in [5, 5.41) is 8.74. The van der Waals surface area contributed by atoms with E-state index in [4.69, 9.17) is 5.11 Å². The Morgan fingerprint density at radius 1 is 1.33 bits per heavy atom. The van der Waals surface area contributed by atoms with E-state index in [1.54, 1.807) is 14.1 Å². The van der Waals surface area contributed by atoms with E-state index in [2.05, 4.69) is 4.90 Å². The number of hydrogen-bond acceptors (Lipinski definition) is 4. The van der Waals surface area contributed by atoms with Crippen LogP contribution >= 0.6 is 0 Å². The van der Waals surface area contributed by atoms with Gasteiger partial charge in [0.15, 0.2) is 0 Å². The summed E-state index contributed by atoms with van der Waals surface area (Å²) in [5.74, 6) is 0. The highest BCUT2D eigenvalue weighted by Gasteiger charge is 2.29. The van der Waals surface area contributed by atoms with E-state index in [0.717, 1.165) is 19.4 Å². The van der Waals surface area contributed by atoms with Crippen LogP contribution in [0.2, 0.25) is 0 Å². The normalized spacial score (nSPS) is 22.2. The van der Waals surface area contributed by atoms with Crippen LogP contribution in [0.1, 0.15) is 19.3 Å². The predicted molar refractivity (Wildman–Crippen MR) is 71.5 cm³/mol. The summed E-state index contributed by atoms with van der Waals surface area (Å²) in [7, 11) is 1.82. The Labute approximate surface area is 110 Å². The Balaban J connectivity index is 2.55. The number of likely N-dealkylation sites (N-methyl/N-ethyl adjacent to an activating group) is 2. The first-order chi connectivity index (χ1) is 8.39. The van der Waals surface area contributed by atoms with Gasteiger partial charge >= 0.3 is 0 Å². The van der Waals surface area contributed by atoms with Crippen molar-refractivity contribution in [2.45, 2.75) is 25.3 Å². The van der Waals surface area contributed by atoms with E-state index in [9.17, 15) is 8.42 Å². The Hall–Kier alpha value is -0.210.